The highest BCUT2D eigenvalue weighted by molar-refractivity contribution is 7.22. The number of allylic oxidation sites excluding steroid dienone is 2. The molecule has 11 nitrogen and oxygen atoms in total. The molecule has 15 heteroatoms. The number of nitrogens with one attached hydrogen (secondary N) is 3. The third-order valence-electron chi connectivity index (χ3n) is 7.43. The fourth-order valence-electron chi connectivity index (χ4n) is 5.10. The van der Waals surface area contributed by atoms with Crippen LogP contribution in [0.3, 0.4) is 0 Å². The van der Waals surface area contributed by atoms with Gasteiger partial charge in [0.1, 0.15) is 5.75 Å². The zero-order chi connectivity index (χ0) is 32.3. The second-order valence-electron chi connectivity index (χ2n) is 10.5. The van der Waals surface area contributed by atoms with Crippen LogP contribution in [0.5, 0.6) is 5.75 Å². The maximum atomic E-state index is 13.8. The first-order chi connectivity index (χ1) is 22.2. The molecule has 0 saturated carbocycles. The minimum absolute atomic E-state index is 0.00995. The molecule has 0 aliphatic heterocycles. The molecule has 0 atom stereocenters. The molecule has 6 rings (SSSR count). The van der Waals surface area contributed by atoms with Gasteiger partial charge in [-0.1, -0.05) is 46.8 Å². The second kappa shape index (κ2) is 13.0. The molecule has 1 aliphatic carbocycles. The monoisotopic (exact) mass is 648 g/mol. The smallest absolute Gasteiger partial charge is 0.416 e. The van der Waals surface area contributed by atoms with Crippen molar-refractivity contribution in [3.8, 4) is 5.75 Å². The third kappa shape index (κ3) is 6.83. The summed E-state index contributed by atoms with van der Waals surface area (Å²) in [6, 6.07) is 15.6. The Morgan fingerprint density at radius 2 is 1.83 bits per heavy atom. The summed E-state index contributed by atoms with van der Waals surface area (Å²) in [6.07, 6.45) is 1.98. The molecule has 2 aromatic heterocycles. The van der Waals surface area contributed by atoms with Crippen molar-refractivity contribution >= 4 is 55.8 Å². The molecule has 3 aromatic carbocycles. The summed E-state index contributed by atoms with van der Waals surface area (Å²) >= 11 is 1.01. The summed E-state index contributed by atoms with van der Waals surface area (Å²) in [5.41, 5.74) is 3.16. The van der Waals surface area contributed by atoms with E-state index in [-0.39, 0.29) is 28.9 Å². The molecule has 236 valence electrons. The molecular formula is C31H27F3N8O3S. The van der Waals surface area contributed by atoms with E-state index in [0.29, 0.717) is 21.5 Å². The molecule has 0 radical (unpaired) electrons. The zero-order valence-corrected chi connectivity index (χ0v) is 25.2. The predicted octanol–water partition coefficient (Wildman–Crippen LogP) is 7.29. The van der Waals surface area contributed by atoms with E-state index in [1.807, 2.05) is 24.3 Å². The summed E-state index contributed by atoms with van der Waals surface area (Å²) in [4.78, 5) is 32.1. The van der Waals surface area contributed by atoms with E-state index in [1.54, 1.807) is 24.3 Å². The van der Waals surface area contributed by atoms with E-state index in [2.05, 4.69) is 42.3 Å². The highest BCUT2D eigenvalue weighted by Gasteiger charge is 2.32. The summed E-state index contributed by atoms with van der Waals surface area (Å²) in [5.74, 6) is -0.391. The van der Waals surface area contributed by atoms with Crippen LogP contribution in [-0.4, -0.2) is 44.7 Å². The van der Waals surface area contributed by atoms with Gasteiger partial charge >= 0.3 is 12.2 Å². The van der Waals surface area contributed by atoms with Gasteiger partial charge in [0, 0.05) is 11.3 Å². The van der Waals surface area contributed by atoms with Crippen LogP contribution in [0.2, 0.25) is 0 Å². The Balaban J connectivity index is 1.27. The fourth-order valence-corrected chi connectivity index (χ4v) is 6.03. The minimum Gasteiger partial charge on any atom is -0.495 e. The maximum Gasteiger partial charge on any atom is 0.416 e. The number of alkyl halides is 3. The number of urea groups is 1. The number of rotatable bonds is 8. The first-order valence-electron chi connectivity index (χ1n) is 14.3. The van der Waals surface area contributed by atoms with E-state index < -0.39 is 23.7 Å². The van der Waals surface area contributed by atoms with Crippen LogP contribution in [0.4, 0.5) is 34.7 Å². The minimum atomic E-state index is -4.59. The Morgan fingerprint density at radius 1 is 1.04 bits per heavy atom. The molecule has 1 aliphatic rings. The summed E-state index contributed by atoms with van der Waals surface area (Å²) < 4.78 is 45.9. The molecule has 0 bridgehead atoms. The van der Waals surface area contributed by atoms with Crippen LogP contribution < -0.4 is 20.3 Å². The van der Waals surface area contributed by atoms with E-state index in [9.17, 15) is 22.8 Å². The van der Waals surface area contributed by atoms with Gasteiger partial charge in [-0.3, -0.25) is 20.3 Å². The number of aromatic nitrogens is 5. The van der Waals surface area contributed by atoms with Crippen molar-refractivity contribution < 1.29 is 27.5 Å². The highest BCUT2D eigenvalue weighted by Crippen LogP contribution is 2.40. The van der Waals surface area contributed by atoms with Gasteiger partial charge in [0.25, 0.3) is 11.9 Å². The van der Waals surface area contributed by atoms with Gasteiger partial charge in [0.2, 0.25) is 0 Å². The lowest BCUT2D eigenvalue weighted by Gasteiger charge is -2.23. The van der Waals surface area contributed by atoms with Gasteiger partial charge in [0.05, 0.1) is 29.4 Å². The predicted molar refractivity (Wildman–Crippen MR) is 168 cm³/mol. The number of thiazole rings is 1. The number of H-pyrrole nitrogens is 1. The number of aromatic amines is 1. The summed E-state index contributed by atoms with van der Waals surface area (Å²) in [7, 11) is 1.28. The molecular weight excluding hydrogens is 621 g/mol. The first-order valence-corrected chi connectivity index (χ1v) is 15.1. The number of anilines is 3. The second-order valence-corrected chi connectivity index (χ2v) is 11.5. The number of tetrazole rings is 1. The fraction of sp³-hybridized carbons (Fsp3) is 0.226. The van der Waals surface area contributed by atoms with Gasteiger partial charge in [0.15, 0.2) is 5.13 Å². The average molecular weight is 649 g/mol. The standard InChI is InChI=1S/C31H27F3N8O3S/c1-45-25-16-22(31(32,33)34)15-24-26(25)46-29(35-24)37-30(44)42(23-13-11-20(12-14-23)19-5-3-2-4-6-19)17-18-7-9-21(10-8-18)27(43)36-28-38-40-41-39-28/h5,7-16H,2-4,6,17H2,1H3,(H,35,37,44)(H2,36,38,39,40,41,43). The lowest BCUT2D eigenvalue weighted by atomic mass is 9.93. The summed E-state index contributed by atoms with van der Waals surface area (Å²) in [6.45, 7) is 0.118. The largest absolute Gasteiger partial charge is 0.495 e. The van der Waals surface area contributed by atoms with Gasteiger partial charge in [-0.2, -0.15) is 18.4 Å². The Morgan fingerprint density at radius 3 is 2.48 bits per heavy atom. The van der Waals surface area contributed by atoms with Crippen LogP contribution in [0, 0.1) is 0 Å². The van der Waals surface area contributed by atoms with Crippen molar-refractivity contribution in [2.45, 2.75) is 38.4 Å². The normalized spacial score (nSPS) is 13.3. The number of carbonyl (C=O) groups excluding carboxylic acids is 2. The van der Waals surface area contributed by atoms with Crippen molar-refractivity contribution in [1.82, 2.24) is 25.6 Å². The zero-order valence-electron chi connectivity index (χ0n) is 24.4. The lowest BCUT2D eigenvalue weighted by molar-refractivity contribution is -0.137. The molecule has 3 amide bonds. The SMILES string of the molecule is COc1cc(C(F)(F)F)cc2nc(NC(=O)N(Cc3ccc(C(=O)Nc4nn[nH]n4)cc3)c3ccc(C4=CCCCC4)cc3)sc12. The average Bonchev–Trinajstić information content (AvgIpc) is 3.73. The molecule has 0 saturated heterocycles. The number of hydrogen-bond acceptors (Lipinski definition) is 8. The van der Waals surface area contributed by atoms with Gasteiger partial charge < -0.3 is 4.74 Å². The number of benzene rings is 3. The van der Waals surface area contributed by atoms with Crippen molar-refractivity contribution in [3.63, 3.8) is 0 Å². The Hall–Kier alpha value is -5.31. The first kappa shape index (κ1) is 30.7. The molecule has 3 N–H and O–H groups in total. The van der Waals surface area contributed by atoms with Crippen LogP contribution in [-0.2, 0) is 12.7 Å². The van der Waals surface area contributed by atoms with E-state index in [4.69, 9.17) is 4.74 Å². The molecule has 0 unspecified atom stereocenters. The molecule has 46 heavy (non-hydrogen) atoms. The number of fused-ring (bicyclic) bond motifs is 1. The van der Waals surface area contributed by atoms with Crippen LogP contribution in [0.25, 0.3) is 15.8 Å². The van der Waals surface area contributed by atoms with Gasteiger partial charge in [-0.05, 0) is 84.0 Å². The van der Waals surface area contributed by atoms with Crippen LogP contribution in [0.1, 0.15) is 52.7 Å². The summed E-state index contributed by atoms with van der Waals surface area (Å²) in [5, 5.41) is 18.5. The Labute approximate surface area is 264 Å². The third-order valence-corrected chi connectivity index (χ3v) is 8.43. The number of amides is 3. The quantitative estimate of drug-likeness (QED) is 0.161. The molecule has 0 fully saturated rings. The molecule has 5 aromatic rings. The van der Waals surface area contributed by atoms with Crippen molar-refractivity contribution in [3.05, 3.63) is 89.0 Å². The number of halogens is 3. The Kier molecular flexibility index (Phi) is 8.66. The molecule has 0 spiro atoms. The number of hydrogen-bond donors (Lipinski definition) is 3. The van der Waals surface area contributed by atoms with Crippen molar-refractivity contribution in [2.24, 2.45) is 0 Å². The van der Waals surface area contributed by atoms with Crippen molar-refractivity contribution in [1.29, 1.82) is 0 Å². The van der Waals surface area contributed by atoms with Crippen molar-refractivity contribution in [2.75, 3.05) is 22.6 Å². The van der Waals surface area contributed by atoms with E-state index in [0.717, 1.165) is 48.3 Å². The lowest BCUT2D eigenvalue weighted by Crippen LogP contribution is -2.34. The van der Waals surface area contributed by atoms with Crippen LogP contribution in [0.15, 0.2) is 66.7 Å². The highest BCUT2D eigenvalue weighted by atomic mass is 32.1. The topological polar surface area (TPSA) is 138 Å². The maximum absolute atomic E-state index is 13.8. The Bertz CT molecular complexity index is 1890. The number of carbonyl (C=O) groups is 2. The molecule has 2 heterocycles. The number of ether oxygens (including phenoxy) is 1. The van der Waals surface area contributed by atoms with E-state index in [1.165, 1.54) is 24.0 Å². The van der Waals surface area contributed by atoms with Gasteiger partial charge in [-0.25, -0.2) is 9.78 Å². The van der Waals surface area contributed by atoms with Gasteiger partial charge in [-0.15, -0.1) is 5.10 Å². The number of methoxy groups -OCH3 is 1. The van der Waals surface area contributed by atoms with E-state index >= 15 is 0 Å². The van der Waals surface area contributed by atoms with Crippen LogP contribution >= 0.6 is 11.3 Å². The number of nitrogens with zero attached hydrogens (tertiary/aromatic N) is 5.